The molecule has 0 saturated heterocycles. The zero-order valence-corrected chi connectivity index (χ0v) is 15.3. The number of nitrogens with zero attached hydrogens (tertiary/aromatic N) is 2. The zero-order chi connectivity index (χ0) is 18.4. The minimum Gasteiger partial charge on any atom is -0.356 e. The number of anilines is 1. The molecule has 0 spiro atoms. The lowest BCUT2D eigenvalue weighted by molar-refractivity contribution is -0.121. The minimum absolute atomic E-state index is 0.0195. The molecule has 1 aliphatic heterocycles. The number of aromatic nitrogens is 1. The first-order valence-electron chi connectivity index (χ1n) is 8.73. The average Bonchev–Trinajstić information content (AvgIpc) is 3.20. The Hall–Kier alpha value is -2.54. The largest absolute Gasteiger partial charge is 0.356 e. The quantitative estimate of drug-likeness (QED) is 0.759. The molecule has 0 saturated carbocycles. The molecule has 2 aromatic rings. The van der Waals surface area contributed by atoms with Gasteiger partial charge in [0.1, 0.15) is 0 Å². The molecule has 3 rings (SSSR count). The maximum atomic E-state index is 12.5. The molecule has 0 radical (unpaired) electrons. The molecule has 0 atom stereocenters. The minimum atomic E-state index is -0.205. The lowest BCUT2D eigenvalue weighted by Crippen LogP contribution is -2.38. The van der Waals surface area contributed by atoms with Crippen molar-refractivity contribution in [1.29, 1.82) is 0 Å². The van der Waals surface area contributed by atoms with E-state index in [1.165, 1.54) is 11.3 Å². The summed E-state index contributed by atoms with van der Waals surface area (Å²) < 4.78 is 0. The van der Waals surface area contributed by atoms with Gasteiger partial charge in [-0.3, -0.25) is 19.4 Å². The average molecular weight is 371 g/mol. The molecular formula is C19H21N3O3S. The number of hydrogen-bond acceptors (Lipinski definition) is 5. The number of fused-ring (bicyclic) bond motifs is 1. The second-order valence-corrected chi connectivity index (χ2v) is 7.07. The van der Waals surface area contributed by atoms with Crippen molar-refractivity contribution >= 4 is 34.6 Å². The highest BCUT2D eigenvalue weighted by Gasteiger charge is 2.22. The Morgan fingerprint density at radius 3 is 2.85 bits per heavy atom. The van der Waals surface area contributed by atoms with Crippen molar-refractivity contribution in [2.45, 2.75) is 32.1 Å². The fourth-order valence-electron chi connectivity index (χ4n) is 2.97. The number of amides is 2. The molecule has 26 heavy (non-hydrogen) atoms. The molecule has 2 amide bonds. The molecule has 0 aliphatic carbocycles. The Bertz CT molecular complexity index is 789. The van der Waals surface area contributed by atoms with Gasteiger partial charge in [-0.05, 0) is 36.4 Å². The second-order valence-electron chi connectivity index (χ2n) is 6.12. The van der Waals surface area contributed by atoms with Gasteiger partial charge in [0.2, 0.25) is 11.8 Å². The summed E-state index contributed by atoms with van der Waals surface area (Å²) in [6.07, 6.45) is 4.08. The van der Waals surface area contributed by atoms with E-state index >= 15 is 0 Å². The van der Waals surface area contributed by atoms with Gasteiger partial charge < -0.3 is 10.2 Å². The third kappa shape index (κ3) is 4.54. The van der Waals surface area contributed by atoms with Crippen molar-refractivity contribution in [3.8, 4) is 0 Å². The molecule has 1 aliphatic rings. The van der Waals surface area contributed by atoms with Crippen molar-refractivity contribution in [1.82, 2.24) is 10.3 Å². The van der Waals surface area contributed by atoms with E-state index in [0.717, 1.165) is 24.2 Å². The van der Waals surface area contributed by atoms with Crippen LogP contribution in [0.1, 0.15) is 41.0 Å². The van der Waals surface area contributed by atoms with Crippen LogP contribution in [0.3, 0.4) is 0 Å². The number of pyridine rings is 1. The maximum Gasteiger partial charge on any atom is 0.228 e. The van der Waals surface area contributed by atoms with Gasteiger partial charge in [0.15, 0.2) is 5.78 Å². The van der Waals surface area contributed by atoms with Crippen LogP contribution in [0.4, 0.5) is 5.69 Å². The molecule has 2 aromatic heterocycles. The number of carbonyl (C=O) groups is 3. The van der Waals surface area contributed by atoms with Crippen LogP contribution in [0, 0.1) is 0 Å². The lowest BCUT2D eigenvalue weighted by Gasteiger charge is -2.28. The number of thiophene rings is 1. The van der Waals surface area contributed by atoms with Gasteiger partial charge in [-0.25, -0.2) is 0 Å². The summed E-state index contributed by atoms with van der Waals surface area (Å²) >= 11 is 1.38. The number of carbonyl (C=O) groups excluding carboxylic acids is 3. The Kier molecular flexibility index (Phi) is 6.12. The zero-order valence-electron chi connectivity index (χ0n) is 14.4. The van der Waals surface area contributed by atoms with Crippen LogP contribution < -0.4 is 10.2 Å². The van der Waals surface area contributed by atoms with E-state index in [2.05, 4.69) is 10.3 Å². The van der Waals surface area contributed by atoms with Crippen molar-refractivity contribution in [3.05, 3.63) is 46.4 Å². The predicted molar refractivity (Wildman–Crippen MR) is 100 cm³/mol. The molecule has 0 aromatic carbocycles. The lowest BCUT2D eigenvalue weighted by atomic mass is 10.1. The molecule has 1 N–H and O–H groups in total. The van der Waals surface area contributed by atoms with Gasteiger partial charge in [0, 0.05) is 38.5 Å². The molecule has 136 valence electrons. The highest BCUT2D eigenvalue weighted by atomic mass is 32.1. The molecule has 7 heteroatoms. The summed E-state index contributed by atoms with van der Waals surface area (Å²) in [5, 5.41) is 4.57. The number of aryl methyl sites for hydroxylation is 1. The first-order chi connectivity index (χ1) is 12.6. The fourth-order valence-corrected chi connectivity index (χ4v) is 3.67. The Labute approximate surface area is 156 Å². The monoisotopic (exact) mass is 371 g/mol. The van der Waals surface area contributed by atoms with E-state index in [1.54, 1.807) is 17.2 Å². The normalized spacial score (nSPS) is 13.2. The van der Waals surface area contributed by atoms with Gasteiger partial charge >= 0.3 is 0 Å². The Morgan fingerprint density at radius 2 is 2.04 bits per heavy atom. The van der Waals surface area contributed by atoms with E-state index < -0.39 is 0 Å². The third-order valence-electron chi connectivity index (χ3n) is 4.29. The van der Waals surface area contributed by atoms with Crippen molar-refractivity contribution in [2.75, 3.05) is 18.0 Å². The third-order valence-corrected chi connectivity index (χ3v) is 5.20. The smallest absolute Gasteiger partial charge is 0.228 e. The first-order valence-corrected chi connectivity index (χ1v) is 9.61. The van der Waals surface area contributed by atoms with Gasteiger partial charge in [-0.1, -0.05) is 6.07 Å². The molecule has 0 unspecified atom stereocenters. The van der Waals surface area contributed by atoms with E-state index in [1.807, 2.05) is 23.6 Å². The van der Waals surface area contributed by atoms with Gasteiger partial charge in [-0.15, -0.1) is 11.3 Å². The van der Waals surface area contributed by atoms with Crippen LogP contribution in [-0.4, -0.2) is 35.7 Å². The number of Topliss-reactive ketones (excluding diaryl/α,β-unsaturated/α-hetero) is 1. The van der Waals surface area contributed by atoms with E-state index in [0.29, 0.717) is 11.4 Å². The van der Waals surface area contributed by atoms with E-state index in [4.69, 9.17) is 0 Å². The standard InChI is InChI=1S/C19H21N3O3S/c23-16(17-6-3-13-26-17)7-8-18(24)21-11-9-19(25)22-12-2-4-14-15(22)5-1-10-20-14/h1,3,5-6,10,13H,2,4,7-9,11-12H2,(H,21,24). The van der Waals surface area contributed by atoms with Gasteiger partial charge in [-0.2, -0.15) is 0 Å². The summed E-state index contributed by atoms with van der Waals surface area (Å²) in [7, 11) is 0. The summed E-state index contributed by atoms with van der Waals surface area (Å²) in [6, 6.07) is 7.32. The van der Waals surface area contributed by atoms with Gasteiger partial charge in [0.25, 0.3) is 0 Å². The van der Waals surface area contributed by atoms with Crippen molar-refractivity contribution < 1.29 is 14.4 Å². The fraction of sp³-hybridized carbons (Fsp3) is 0.368. The summed E-state index contributed by atoms with van der Waals surface area (Å²) in [5.74, 6) is -0.249. The van der Waals surface area contributed by atoms with Crippen LogP contribution in [0.2, 0.25) is 0 Å². The molecule has 6 nitrogen and oxygen atoms in total. The Balaban J connectivity index is 1.41. The summed E-state index contributed by atoms with van der Waals surface area (Å²) in [6.45, 7) is 0.956. The molecule has 3 heterocycles. The van der Waals surface area contributed by atoms with Crippen LogP contribution in [0.15, 0.2) is 35.8 Å². The maximum absolute atomic E-state index is 12.5. The number of nitrogens with one attached hydrogen (secondary N) is 1. The van der Waals surface area contributed by atoms with Crippen molar-refractivity contribution in [3.63, 3.8) is 0 Å². The Morgan fingerprint density at radius 1 is 1.15 bits per heavy atom. The van der Waals surface area contributed by atoms with E-state index in [-0.39, 0.29) is 43.4 Å². The second kappa shape index (κ2) is 8.71. The van der Waals surface area contributed by atoms with Crippen LogP contribution >= 0.6 is 11.3 Å². The molecular weight excluding hydrogens is 350 g/mol. The SMILES string of the molecule is O=C(CCC(=O)c1cccs1)NCCC(=O)N1CCCc2ncccc21. The van der Waals surface area contributed by atoms with Crippen LogP contribution in [0.5, 0.6) is 0 Å². The number of ketones is 1. The van der Waals surface area contributed by atoms with Crippen molar-refractivity contribution in [2.24, 2.45) is 0 Å². The predicted octanol–water partition coefficient (Wildman–Crippen LogP) is 2.59. The summed E-state index contributed by atoms with van der Waals surface area (Å²) in [4.78, 5) is 43.0. The number of rotatable bonds is 7. The highest BCUT2D eigenvalue weighted by Crippen LogP contribution is 2.25. The van der Waals surface area contributed by atoms with Gasteiger partial charge in [0.05, 0.1) is 16.3 Å². The number of hydrogen-bond donors (Lipinski definition) is 1. The van der Waals surface area contributed by atoms with Crippen LogP contribution in [0.25, 0.3) is 0 Å². The molecule has 0 fully saturated rings. The molecule has 0 bridgehead atoms. The summed E-state index contributed by atoms with van der Waals surface area (Å²) in [5.41, 5.74) is 1.82. The highest BCUT2D eigenvalue weighted by molar-refractivity contribution is 7.12. The topological polar surface area (TPSA) is 79.4 Å². The first kappa shape index (κ1) is 18.3. The van der Waals surface area contributed by atoms with Crippen LogP contribution in [-0.2, 0) is 16.0 Å². The van der Waals surface area contributed by atoms with E-state index in [9.17, 15) is 14.4 Å².